The van der Waals surface area contributed by atoms with Crippen molar-refractivity contribution >= 4 is 24.2 Å². The average Bonchev–Trinajstić information content (AvgIpc) is 3.48. The number of hydrogen-bond acceptors (Lipinski definition) is 1. The largest absolute Gasteiger partial charge is 0.360 e. The van der Waals surface area contributed by atoms with Gasteiger partial charge in [0.05, 0.1) is 17.1 Å². The van der Waals surface area contributed by atoms with Crippen LogP contribution in [0.3, 0.4) is 0 Å². The van der Waals surface area contributed by atoms with Gasteiger partial charge in [0, 0.05) is 17.6 Å². The Kier molecular flexibility index (Phi) is 10.8. The first-order chi connectivity index (χ1) is 14.3. The molecule has 0 amide bonds. The van der Waals surface area contributed by atoms with Crippen LogP contribution in [0.25, 0.3) is 6.08 Å². The van der Waals surface area contributed by atoms with Crippen molar-refractivity contribution in [1.29, 1.82) is 0 Å². The zero-order valence-corrected chi connectivity index (χ0v) is 19.5. The van der Waals surface area contributed by atoms with Crippen LogP contribution in [0.2, 0.25) is 0 Å². The van der Waals surface area contributed by atoms with E-state index in [4.69, 9.17) is 4.99 Å². The van der Waals surface area contributed by atoms with Crippen LogP contribution in [0.5, 0.6) is 0 Å². The summed E-state index contributed by atoms with van der Waals surface area (Å²) in [7, 11) is 0. The predicted molar refractivity (Wildman–Crippen MR) is 133 cm³/mol. The monoisotopic (exact) mass is 427 g/mol. The molecule has 1 aliphatic rings. The maximum Gasteiger partial charge on any atom is 0.0875 e. The SMILES string of the molecule is CCCCCCCCCCCc1ccc(C=C2N=C(c3ccc[nH]3)C=C2CC)[nH]1.Cl. The van der Waals surface area contributed by atoms with Gasteiger partial charge in [-0.3, -0.25) is 0 Å². The van der Waals surface area contributed by atoms with E-state index in [1.54, 1.807) is 0 Å². The highest BCUT2D eigenvalue weighted by molar-refractivity contribution is 6.11. The van der Waals surface area contributed by atoms with Gasteiger partial charge in [-0.1, -0.05) is 65.2 Å². The minimum atomic E-state index is 0. The number of unbranched alkanes of at least 4 members (excludes halogenated alkanes) is 8. The molecular weight excluding hydrogens is 390 g/mol. The van der Waals surface area contributed by atoms with Crippen molar-refractivity contribution in [3.63, 3.8) is 0 Å². The fourth-order valence-electron chi connectivity index (χ4n) is 3.97. The molecule has 3 heterocycles. The Morgan fingerprint density at radius 1 is 0.900 bits per heavy atom. The Labute approximate surface area is 188 Å². The Morgan fingerprint density at radius 3 is 2.30 bits per heavy atom. The molecule has 4 heteroatoms. The second-order valence-electron chi connectivity index (χ2n) is 8.15. The lowest BCUT2D eigenvalue weighted by molar-refractivity contribution is 0.564. The second kappa shape index (κ2) is 13.3. The maximum absolute atomic E-state index is 4.84. The van der Waals surface area contributed by atoms with Crippen LogP contribution < -0.4 is 0 Å². The van der Waals surface area contributed by atoms with E-state index in [9.17, 15) is 0 Å². The lowest BCUT2D eigenvalue weighted by Crippen LogP contribution is -1.92. The van der Waals surface area contributed by atoms with Gasteiger partial charge in [-0.15, -0.1) is 12.4 Å². The fraction of sp³-hybridized carbons (Fsp3) is 0.500. The van der Waals surface area contributed by atoms with Crippen LogP contribution in [0.15, 0.2) is 52.8 Å². The van der Waals surface area contributed by atoms with E-state index in [-0.39, 0.29) is 12.4 Å². The topological polar surface area (TPSA) is 43.9 Å². The quantitative estimate of drug-likeness (QED) is 0.304. The minimum absolute atomic E-state index is 0. The van der Waals surface area contributed by atoms with Gasteiger partial charge in [0.1, 0.15) is 0 Å². The highest BCUT2D eigenvalue weighted by Gasteiger charge is 2.15. The third kappa shape index (κ3) is 7.36. The van der Waals surface area contributed by atoms with E-state index in [2.05, 4.69) is 54.2 Å². The van der Waals surface area contributed by atoms with Crippen molar-refractivity contribution in [2.24, 2.45) is 4.99 Å². The first kappa shape index (κ1) is 24.3. The second-order valence-corrected chi connectivity index (χ2v) is 8.15. The van der Waals surface area contributed by atoms with E-state index in [0.29, 0.717) is 0 Å². The van der Waals surface area contributed by atoms with Crippen molar-refractivity contribution in [3.8, 4) is 0 Å². The third-order valence-electron chi connectivity index (χ3n) is 5.75. The fourth-order valence-corrected chi connectivity index (χ4v) is 3.97. The number of nitrogens with zero attached hydrogens (tertiary/aromatic N) is 1. The van der Waals surface area contributed by atoms with Gasteiger partial charge < -0.3 is 9.97 Å². The van der Waals surface area contributed by atoms with Gasteiger partial charge in [-0.05, 0) is 61.3 Å². The highest BCUT2D eigenvalue weighted by Crippen LogP contribution is 2.26. The Balaban J connectivity index is 0.00000320. The van der Waals surface area contributed by atoms with Crippen molar-refractivity contribution < 1.29 is 0 Å². The molecule has 0 fully saturated rings. The van der Waals surface area contributed by atoms with Crippen molar-refractivity contribution in [2.75, 3.05) is 0 Å². The normalized spacial score (nSPS) is 14.7. The number of aryl methyl sites for hydroxylation is 1. The number of halogens is 1. The molecule has 2 aromatic heterocycles. The zero-order valence-electron chi connectivity index (χ0n) is 18.7. The minimum Gasteiger partial charge on any atom is -0.360 e. The Hall–Kier alpha value is -2.00. The van der Waals surface area contributed by atoms with Crippen LogP contribution >= 0.6 is 12.4 Å². The number of hydrogen-bond donors (Lipinski definition) is 2. The molecule has 3 rings (SSSR count). The molecule has 0 aliphatic carbocycles. The number of allylic oxidation sites excluding steroid dienone is 2. The zero-order chi connectivity index (χ0) is 20.3. The van der Waals surface area contributed by atoms with Crippen LogP contribution in [0, 0.1) is 0 Å². The smallest absolute Gasteiger partial charge is 0.0875 e. The molecule has 0 radical (unpaired) electrons. The lowest BCUT2D eigenvalue weighted by Gasteiger charge is -2.02. The number of aliphatic imine (C=N–C) groups is 1. The van der Waals surface area contributed by atoms with Gasteiger partial charge in [-0.2, -0.15) is 0 Å². The number of H-pyrrole nitrogens is 2. The van der Waals surface area contributed by atoms with Gasteiger partial charge in [-0.25, -0.2) is 4.99 Å². The molecule has 0 saturated carbocycles. The maximum atomic E-state index is 4.84. The summed E-state index contributed by atoms with van der Waals surface area (Å²) in [6.07, 6.45) is 20.9. The first-order valence-electron chi connectivity index (χ1n) is 11.6. The average molecular weight is 428 g/mol. The third-order valence-corrected chi connectivity index (χ3v) is 5.75. The molecule has 0 saturated heterocycles. The number of rotatable bonds is 13. The molecule has 30 heavy (non-hydrogen) atoms. The summed E-state index contributed by atoms with van der Waals surface area (Å²) in [5, 5.41) is 0. The molecule has 3 nitrogen and oxygen atoms in total. The van der Waals surface area contributed by atoms with Gasteiger partial charge >= 0.3 is 0 Å². The van der Waals surface area contributed by atoms with Crippen molar-refractivity contribution in [3.05, 3.63) is 64.9 Å². The molecule has 0 aromatic carbocycles. The molecule has 2 N–H and O–H groups in total. The van der Waals surface area contributed by atoms with Gasteiger partial charge in [0.15, 0.2) is 0 Å². The van der Waals surface area contributed by atoms with E-state index in [0.717, 1.165) is 35.6 Å². The molecule has 164 valence electrons. The summed E-state index contributed by atoms with van der Waals surface area (Å²) in [6, 6.07) is 8.51. The highest BCUT2D eigenvalue weighted by atomic mass is 35.5. The van der Waals surface area contributed by atoms with Crippen LogP contribution in [0.1, 0.15) is 95.1 Å². The molecule has 0 atom stereocenters. The standard InChI is InChI=1S/C26H37N3.ClH/c1-3-5-6-7-8-9-10-11-12-14-22-16-17-23(28-22)20-25-21(4-2)19-26(29-25)24-15-13-18-27-24;/h13,15-20,27-28H,3-12,14H2,1-2H3;1H. The molecular formula is C26H38ClN3. The summed E-state index contributed by atoms with van der Waals surface area (Å²) in [5.41, 5.74) is 6.98. The summed E-state index contributed by atoms with van der Waals surface area (Å²) in [6.45, 7) is 4.47. The van der Waals surface area contributed by atoms with Crippen molar-refractivity contribution in [1.82, 2.24) is 9.97 Å². The van der Waals surface area contributed by atoms with E-state index >= 15 is 0 Å². The molecule has 0 unspecified atom stereocenters. The Bertz CT molecular complexity index is 824. The number of nitrogens with one attached hydrogen (secondary N) is 2. The predicted octanol–water partition coefficient (Wildman–Crippen LogP) is 8.02. The summed E-state index contributed by atoms with van der Waals surface area (Å²) in [5.74, 6) is 0. The number of aromatic amines is 2. The van der Waals surface area contributed by atoms with E-state index < -0.39 is 0 Å². The van der Waals surface area contributed by atoms with Crippen molar-refractivity contribution in [2.45, 2.75) is 84.5 Å². The Morgan fingerprint density at radius 2 is 1.63 bits per heavy atom. The number of aromatic nitrogens is 2. The van der Waals surface area contributed by atoms with Crippen LogP contribution in [-0.2, 0) is 6.42 Å². The molecule has 0 bridgehead atoms. The van der Waals surface area contributed by atoms with Crippen LogP contribution in [-0.4, -0.2) is 15.7 Å². The molecule has 0 spiro atoms. The first-order valence-corrected chi connectivity index (χ1v) is 11.6. The van der Waals surface area contributed by atoms with Gasteiger partial charge in [0.2, 0.25) is 0 Å². The molecule has 2 aromatic rings. The summed E-state index contributed by atoms with van der Waals surface area (Å²) in [4.78, 5) is 11.7. The van der Waals surface area contributed by atoms with E-state index in [1.807, 2.05) is 12.3 Å². The van der Waals surface area contributed by atoms with Gasteiger partial charge in [0.25, 0.3) is 0 Å². The van der Waals surface area contributed by atoms with Crippen LogP contribution in [0.4, 0.5) is 0 Å². The summed E-state index contributed by atoms with van der Waals surface area (Å²) < 4.78 is 0. The lowest BCUT2D eigenvalue weighted by atomic mass is 10.1. The summed E-state index contributed by atoms with van der Waals surface area (Å²) >= 11 is 0. The molecule has 1 aliphatic heterocycles. The van der Waals surface area contributed by atoms with E-state index in [1.165, 1.54) is 69.1 Å².